The van der Waals surface area contributed by atoms with Crippen LogP contribution in [0, 0.1) is 5.41 Å². The highest BCUT2D eigenvalue weighted by atomic mass is 16.5. The van der Waals surface area contributed by atoms with Crippen LogP contribution in [-0.4, -0.2) is 60.9 Å². The number of carbonyl (C=O) groups is 2. The van der Waals surface area contributed by atoms with Gasteiger partial charge in [0.05, 0.1) is 13.2 Å². The van der Waals surface area contributed by atoms with E-state index in [0.29, 0.717) is 19.4 Å². The van der Waals surface area contributed by atoms with Gasteiger partial charge >= 0.3 is 11.9 Å². The van der Waals surface area contributed by atoms with Gasteiger partial charge in [-0.2, -0.15) is 0 Å². The summed E-state index contributed by atoms with van der Waals surface area (Å²) in [5, 5.41) is 9.67. The molecule has 0 heterocycles. The molecule has 0 aromatic carbocycles. The van der Waals surface area contributed by atoms with Crippen LogP contribution in [0.3, 0.4) is 0 Å². The molecule has 0 fully saturated rings. The quantitative estimate of drug-likeness (QED) is 0.0497. The zero-order chi connectivity index (χ0) is 38.4. The maximum Gasteiger partial charge on any atom is 0.306 e. The van der Waals surface area contributed by atoms with Crippen LogP contribution in [0.1, 0.15) is 240 Å². The molecular formula is C46H91NO5. The molecule has 0 saturated carbocycles. The van der Waals surface area contributed by atoms with Gasteiger partial charge in [-0.15, -0.1) is 0 Å². The summed E-state index contributed by atoms with van der Waals surface area (Å²) < 4.78 is 11.5. The molecule has 0 aliphatic carbocycles. The minimum absolute atomic E-state index is 0.00807. The summed E-state index contributed by atoms with van der Waals surface area (Å²) in [5.41, 5.74) is 0.210. The summed E-state index contributed by atoms with van der Waals surface area (Å²) in [6.45, 7) is 15.0. The minimum Gasteiger partial charge on any atom is -0.466 e. The maximum atomic E-state index is 12.8. The van der Waals surface area contributed by atoms with E-state index in [1.807, 2.05) is 0 Å². The van der Waals surface area contributed by atoms with E-state index in [-0.39, 0.29) is 30.1 Å². The van der Waals surface area contributed by atoms with Crippen molar-refractivity contribution >= 4 is 11.9 Å². The van der Waals surface area contributed by atoms with E-state index in [1.165, 1.54) is 116 Å². The first-order valence-electron chi connectivity index (χ1n) is 23.0. The number of nitrogens with zero attached hydrogens (tertiary/aromatic N) is 1. The lowest BCUT2D eigenvalue weighted by Gasteiger charge is -2.29. The summed E-state index contributed by atoms with van der Waals surface area (Å²) in [6.07, 6.45) is 36.9. The molecule has 0 spiro atoms. The van der Waals surface area contributed by atoms with E-state index in [9.17, 15) is 14.7 Å². The molecule has 6 nitrogen and oxygen atoms in total. The second-order valence-corrected chi connectivity index (χ2v) is 16.8. The standard InChI is InChI=1S/C46H91NO5/c1-6-9-12-15-18-22-27-34-44(49)51-42-31-24-19-23-30-38-47(40-41-48)39-37-46(4,5)36-29-28-35-45(50)52-43(32-25-20-16-13-10-7-2)33-26-21-17-14-11-8-3/h43,48H,6-42H2,1-5H3. The third-order valence-corrected chi connectivity index (χ3v) is 10.9. The van der Waals surface area contributed by atoms with E-state index in [1.54, 1.807) is 0 Å². The van der Waals surface area contributed by atoms with Gasteiger partial charge in [0.15, 0.2) is 0 Å². The van der Waals surface area contributed by atoms with Crippen molar-refractivity contribution in [2.75, 3.05) is 32.8 Å². The fourth-order valence-electron chi connectivity index (χ4n) is 7.20. The average molecular weight is 738 g/mol. The van der Waals surface area contributed by atoms with Gasteiger partial charge in [-0.3, -0.25) is 9.59 Å². The Morgan fingerprint density at radius 3 is 1.54 bits per heavy atom. The molecule has 0 aliphatic rings. The number of aliphatic hydroxyl groups is 1. The number of esters is 2. The fraction of sp³-hybridized carbons (Fsp3) is 0.957. The number of hydrogen-bond acceptors (Lipinski definition) is 6. The van der Waals surface area contributed by atoms with Crippen molar-refractivity contribution in [2.45, 2.75) is 246 Å². The Bertz CT molecular complexity index is 756. The van der Waals surface area contributed by atoms with Crippen molar-refractivity contribution in [2.24, 2.45) is 5.41 Å². The smallest absolute Gasteiger partial charge is 0.306 e. The predicted molar refractivity (Wildman–Crippen MR) is 223 cm³/mol. The van der Waals surface area contributed by atoms with Crippen molar-refractivity contribution in [3.05, 3.63) is 0 Å². The van der Waals surface area contributed by atoms with Crippen molar-refractivity contribution in [1.82, 2.24) is 4.90 Å². The zero-order valence-corrected chi connectivity index (χ0v) is 35.8. The SMILES string of the molecule is CCCCCCCCCC(=O)OCCCCCCCN(CCO)CCC(C)(C)CCCCC(=O)OC(CCCCCCCC)CCCCCCCC. The lowest BCUT2D eigenvalue weighted by Crippen LogP contribution is -2.32. The van der Waals surface area contributed by atoms with Crippen LogP contribution in [-0.2, 0) is 19.1 Å². The first-order chi connectivity index (χ1) is 25.3. The molecule has 1 N–H and O–H groups in total. The van der Waals surface area contributed by atoms with Crippen LogP contribution in [0.4, 0.5) is 0 Å². The molecule has 0 bridgehead atoms. The van der Waals surface area contributed by atoms with Gasteiger partial charge in [0.25, 0.3) is 0 Å². The first kappa shape index (κ1) is 50.9. The molecule has 0 radical (unpaired) electrons. The van der Waals surface area contributed by atoms with Crippen molar-refractivity contribution in [1.29, 1.82) is 0 Å². The summed E-state index contributed by atoms with van der Waals surface area (Å²) in [6, 6.07) is 0. The number of aliphatic hydroxyl groups excluding tert-OH is 1. The highest BCUT2D eigenvalue weighted by Crippen LogP contribution is 2.28. The molecule has 0 aromatic heterocycles. The minimum atomic E-state index is -0.0278. The van der Waals surface area contributed by atoms with Crippen molar-refractivity contribution in [3.8, 4) is 0 Å². The lowest BCUT2D eigenvalue weighted by molar-refractivity contribution is -0.150. The fourth-order valence-corrected chi connectivity index (χ4v) is 7.20. The van der Waals surface area contributed by atoms with Gasteiger partial charge in [0, 0.05) is 19.4 Å². The molecule has 0 saturated heterocycles. The second kappa shape index (κ2) is 38.1. The number of carbonyl (C=O) groups excluding carboxylic acids is 2. The van der Waals surface area contributed by atoms with Crippen LogP contribution >= 0.6 is 0 Å². The highest BCUT2D eigenvalue weighted by Gasteiger charge is 2.20. The molecular weight excluding hydrogens is 647 g/mol. The van der Waals surface area contributed by atoms with Crippen LogP contribution < -0.4 is 0 Å². The Morgan fingerprint density at radius 2 is 0.981 bits per heavy atom. The number of ether oxygens (including phenoxy) is 2. The van der Waals surface area contributed by atoms with Gasteiger partial charge in [-0.05, 0) is 82.7 Å². The number of unbranched alkanes of at least 4 members (excludes halogenated alkanes) is 21. The van der Waals surface area contributed by atoms with Crippen LogP contribution in [0.2, 0.25) is 0 Å². The topological polar surface area (TPSA) is 76.1 Å². The highest BCUT2D eigenvalue weighted by molar-refractivity contribution is 5.69. The van der Waals surface area contributed by atoms with E-state index >= 15 is 0 Å². The number of rotatable bonds is 41. The van der Waals surface area contributed by atoms with Gasteiger partial charge in [-0.1, -0.05) is 163 Å². The van der Waals surface area contributed by atoms with Gasteiger partial charge < -0.3 is 19.5 Å². The Morgan fingerprint density at radius 1 is 0.519 bits per heavy atom. The molecule has 0 atom stereocenters. The summed E-state index contributed by atoms with van der Waals surface area (Å²) in [4.78, 5) is 27.2. The predicted octanol–water partition coefficient (Wildman–Crippen LogP) is 13.3. The Hall–Kier alpha value is -1.14. The van der Waals surface area contributed by atoms with E-state index in [4.69, 9.17) is 9.47 Å². The zero-order valence-electron chi connectivity index (χ0n) is 35.8. The number of hydrogen-bond donors (Lipinski definition) is 1. The summed E-state index contributed by atoms with van der Waals surface area (Å²) >= 11 is 0. The molecule has 0 aliphatic heterocycles. The third-order valence-electron chi connectivity index (χ3n) is 10.9. The van der Waals surface area contributed by atoms with Crippen LogP contribution in [0.5, 0.6) is 0 Å². The third kappa shape index (κ3) is 35.9. The maximum absolute atomic E-state index is 12.8. The second-order valence-electron chi connectivity index (χ2n) is 16.8. The van der Waals surface area contributed by atoms with Crippen LogP contribution in [0.25, 0.3) is 0 Å². The average Bonchev–Trinajstić information content (AvgIpc) is 3.12. The summed E-state index contributed by atoms with van der Waals surface area (Å²) in [7, 11) is 0. The molecule has 0 aromatic rings. The van der Waals surface area contributed by atoms with Crippen LogP contribution in [0.15, 0.2) is 0 Å². The molecule has 0 amide bonds. The normalized spacial score (nSPS) is 11.9. The Kier molecular flexibility index (Phi) is 37.3. The lowest BCUT2D eigenvalue weighted by atomic mass is 9.83. The Labute approximate surface area is 324 Å². The molecule has 52 heavy (non-hydrogen) atoms. The Balaban J connectivity index is 4.18. The van der Waals surface area contributed by atoms with E-state index in [2.05, 4.69) is 39.5 Å². The monoisotopic (exact) mass is 738 g/mol. The van der Waals surface area contributed by atoms with E-state index < -0.39 is 0 Å². The largest absolute Gasteiger partial charge is 0.466 e. The molecule has 0 rings (SSSR count). The summed E-state index contributed by atoms with van der Waals surface area (Å²) in [5.74, 6) is -0.0198. The van der Waals surface area contributed by atoms with Gasteiger partial charge in [-0.25, -0.2) is 0 Å². The molecule has 0 unspecified atom stereocenters. The van der Waals surface area contributed by atoms with Gasteiger partial charge in [0.2, 0.25) is 0 Å². The first-order valence-corrected chi connectivity index (χ1v) is 23.0. The van der Waals surface area contributed by atoms with E-state index in [0.717, 1.165) is 96.7 Å². The van der Waals surface area contributed by atoms with Gasteiger partial charge in [0.1, 0.15) is 6.10 Å². The molecule has 310 valence electrons. The molecule has 6 heteroatoms. The van der Waals surface area contributed by atoms with Crippen molar-refractivity contribution in [3.63, 3.8) is 0 Å². The van der Waals surface area contributed by atoms with Crippen molar-refractivity contribution < 1.29 is 24.2 Å².